The Balaban J connectivity index is 2.93. The minimum Gasteiger partial charge on any atom is -0.309 e. The Morgan fingerprint density at radius 3 is 2.83 bits per heavy atom. The molecular formula is C7H8BrN3O. The molecule has 4 nitrogen and oxygen atoms in total. The lowest BCUT2D eigenvalue weighted by atomic mass is 10.4. The van der Waals surface area contributed by atoms with Crippen LogP contribution >= 0.6 is 15.9 Å². The summed E-state index contributed by atoms with van der Waals surface area (Å²) in [5.41, 5.74) is 0.694. The number of halogens is 1. The number of carbonyl (C=O) groups is 1. The Labute approximate surface area is 78.5 Å². The van der Waals surface area contributed by atoms with Gasteiger partial charge in [-0.1, -0.05) is 0 Å². The van der Waals surface area contributed by atoms with E-state index in [1.165, 1.54) is 13.1 Å². The minimum atomic E-state index is -0.144. The highest BCUT2D eigenvalue weighted by Crippen LogP contribution is 2.11. The summed E-state index contributed by atoms with van der Waals surface area (Å²) in [6, 6.07) is 0. The molecule has 1 heterocycles. The molecule has 0 radical (unpaired) electrons. The molecule has 0 fully saturated rings. The van der Waals surface area contributed by atoms with Crippen molar-refractivity contribution in [3.8, 4) is 0 Å². The molecule has 0 saturated heterocycles. The minimum absolute atomic E-state index is 0.144. The van der Waals surface area contributed by atoms with Crippen molar-refractivity contribution in [1.29, 1.82) is 0 Å². The summed E-state index contributed by atoms with van der Waals surface area (Å²) >= 11 is 3.18. The number of anilines is 1. The van der Waals surface area contributed by atoms with Crippen molar-refractivity contribution in [2.45, 2.75) is 13.8 Å². The second-order valence-electron chi connectivity index (χ2n) is 2.31. The normalized spacial score (nSPS) is 9.58. The summed E-state index contributed by atoms with van der Waals surface area (Å²) in [4.78, 5) is 18.7. The van der Waals surface area contributed by atoms with Gasteiger partial charge in [-0.05, 0) is 22.9 Å². The van der Waals surface area contributed by atoms with Crippen LogP contribution in [0.5, 0.6) is 0 Å². The van der Waals surface area contributed by atoms with Crippen molar-refractivity contribution in [2.75, 3.05) is 5.32 Å². The van der Waals surface area contributed by atoms with E-state index in [-0.39, 0.29) is 5.91 Å². The molecular weight excluding hydrogens is 222 g/mol. The van der Waals surface area contributed by atoms with Crippen LogP contribution in [-0.2, 0) is 4.79 Å². The van der Waals surface area contributed by atoms with Crippen LogP contribution < -0.4 is 5.32 Å². The monoisotopic (exact) mass is 229 g/mol. The Bertz CT molecular complexity index is 314. The van der Waals surface area contributed by atoms with Gasteiger partial charge in [-0.3, -0.25) is 4.79 Å². The zero-order chi connectivity index (χ0) is 9.14. The van der Waals surface area contributed by atoms with E-state index in [4.69, 9.17) is 0 Å². The fraction of sp³-hybridized carbons (Fsp3) is 0.286. The van der Waals surface area contributed by atoms with Gasteiger partial charge in [0.05, 0.1) is 11.9 Å². The largest absolute Gasteiger partial charge is 0.309 e. The van der Waals surface area contributed by atoms with Crippen molar-refractivity contribution in [3.63, 3.8) is 0 Å². The second kappa shape index (κ2) is 3.62. The molecule has 5 heteroatoms. The SMILES string of the molecule is CC(=O)Nc1ncc(Br)nc1C. The average molecular weight is 230 g/mol. The molecule has 0 aromatic carbocycles. The van der Waals surface area contributed by atoms with Crippen LogP contribution in [0.2, 0.25) is 0 Å². The standard InChI is InChI=1S/C7H8BrN3O/c1-4-7(11-5(2)12)9-3-6(8)10-4/h3H,1-2H3,(H,9,11,12). The van der Waals surface area contributed by atoms with E-state index >= 15 is 0 Å². The predicted molar refractivity (Wildman–Crippen MR) is 48.8 cm³/mol. The number of nitrogens with one attached hydrogen (secondary N) is 1. The highest BCUT2D eigenvalue weighted by atomic mass is 79.9. The van der Waals surface area contributed by atoms with Gasteiger partial charge in [0.2, 0.25) is 5.91 Å². The first-order valence-electron chi connectivity index (χ1n) is 3.36. The maximum Gasteiger partial charge on any atom is 0.222 e. The molecule has 0 saturated carbocycles. The van der Waals surface area contributed by atoms with Gasteiger partial charge in [0.15, 0.2) is 5.82 Å². The quantitative estimate of drug-likeness (QED) is 0.795. The zero-order valence-electron chi connectivity index (χ0n) is 6.76. The highest BCUT2D eigenvalue weighted by Gasteiger charge is 2.02. The second-order valence-corrected chi connectivity index (χ2v) is 3.12. The fourth-order valence-corrected chi connectivity index (χ4v) is 1.11. The molecule has 0 unspecified atom stereocenters. The van der Waals surface area contributed by atoms with E-state index in [1.807, 2.05) is 0 Å². The number of amides is 1. The molecule has 1 aromatic rings. The van der Waals surface area contributed by atoms with Crippen molar-refractivity contribution < 1.29 is 4.79 Å². The number of aryl methyl sites for hydroxylation is 1. The van der Waals surface area contributed by atoms with Crippen molar-refractivity contribution in [3.05, 3.63) is 16.5 Å². The van der Waals surface area contributed by atoms with Gasteiger partial charge in [-0.15, -0.1) is 0 Å². The first kappa shape index (κ1) is 9.12. The molecule has 1 rings (SSSR count). The van der Waals surface area contributed by atoms with Gasteiger partial charge in [-0.2, -0.15) is 0 Å². The molecule has 1 N–H and O–H groups in total. The number of aromatic nitrogens is 2. The first-order chi connectivity index (χ1) is 5.59. The fourth-order valence-electron chi connectivity index (χ4n) is 0.743. The maximum absolute atomic E-state index is 10.7. The summed E-state index contributed by atoms with van der Waals surface area (Å²) in [6.45, 7) is 3.21. The molecule has 0 aliphatic rings. The van der Waals surface area contributed by atoms with E-state index in [9.17, 15) is 4.79 Å². The van der Waals surface area contributed by atoms with Crippen LogP contribution in [-0.4, -0.2) is 15.9 Å². The van der Waals surface area contributed by atoms with E-state index in [0.717, 1.165) is 0 Å². The van der Waals surface area contributed by atoms with E-state index in [2.05, 4.69) is 31.2 Å². The Morgan fingerprint density at radius 1 is 1.67 bits per heavy atom. The third-order valence-corrected chi connectivity index (χ3v) is 1.59. The van der Waals surface area contributed by atoms with Crippen molar-refractivity contribution in [2.24, 2.45) is 0 Å². The average Bonchev–Trinajstić information content (AvgIpc) is 1.94. The van der Waals surface area contributed by atoms with Gasteiger partial charge < -0.3 is 5.32 Å². The van der Waals surface area contributed by atoms with Crippen molar-refractivity contribution >= 4 is 27.7 Å². The topological polar surface area (TPSA) is 54.9 Å². The first-order valence-corrected chi connectivity index (χ1v) is 4.15. The molecule has 64 valence electrons. The number of hydrogen-bond acceptors (Lipinski definition) is 3. The molecule has 1 aromatic heterocycles. The van der Waals surface area contributed by atoms with Gasteiger partial charge in [0, 0.05) is 6.92 Å². The molecule has 1 amide bonds. The van der Waals surface area contributed by atoms with Gasteiger partial charge in [0.1, 0.15) is 4.60 Å². The third kappa shape index (κ3) is 2.27. The molecule has 0 spiro atoms. The number of hydrogen-bond donors (Lipinski definition) is 1. The lowest BCUT2D eigenvalue weighted by Crippen LogP contribution is -2.09. The maximum atomic E-state index is 10.7. The summed E-state index contributed by atoms with van der Waals surface area (Å²) < 4.78 is 0.661. The molecule has 12 heavy (non-hydrogen) atoms. The lowest BCUT2D eigenvalue weighted by molar-refractivity contribution is -0.114. The van der Waals surface area contributed by atoms with Gasteiger partial charge in [0.25, 0.3) is 0 Å². The predicted octanol–water partition coefficient (Wildman–Crippen LogP) is 1.51. The van der Waals surface area contributed by atoms with Crippen LogP contribution in [0.3, 0.4) is 0 Å². The highest BCUT2D eigenvalue weighted by molar-refractivity contribution is 9.10. The van der Waals surface area contributed by atoms with Crippen LogP contribution in [0.25, 0.3) is 0 Å². The van der Waals surface area contributed by atoms with Crippen LogP contribution in [0.4, 0.5) is 5.82 Å². The van der Waals surface area contributed by atoms with Gasteiger partial charge in [-0.25, -0.2) is 9.97 Å². The zero-order valence-corrected chi connectivity index (χ0v) is 8.34. The van der Waals surface area contributed by atoms with E-state index < -0.39 is 0 Å². The molecule has 0 bridgehead atoms. The van der Waals surface area contributed by atoms with Crippen molar-refractivity contribution in [1.82, 2.24) is 9.97 Å². The Kier molecular flexibility index (Phi) is 2.75. The van der Waals surface area contributed by atoms with Crippen LogP contribution in [0.15, 0.2) is 10.8 Å². The number of rotatable bonds is 1. The summed E-state index contributed by atoms with van der Waals surface area (Å²) in [5.74, 6) is 0.362. The van der Waals surface area contributed by atoms with Crippen LogP contribution in [0, 0.1) is 6.92 Å². The third-order valence-electron chi connectivity index (χ3n) is 1.21. The molecule has 0 aliphatic carbocycles. The number of carbonyl (C=O) groups excluding carboxylic acids is 1. The summed E-state index contributed by atoms with van der Waals surface area (Å²) in [5, 5.41) is 2.57. The van der Waals surface area contributed by atoms with E-state index in [1.54, 1.807) is 6.92 Å². The molecule has 0 aliphatic heterocycles. The molecule has 0 atom stereocenters. The Hall–Kier alpha value is -0.970. The van der Waals surface area contributed by atoms with Crippen LogP contribution in [0.1, 0.15) is 12.6 Å². The Morgan fingerprint density at radius 2 is 2.33 bits per heavy atom. The smallest absolute Gasteiger partial charge is 0.222 e. The number of nitrogens with zero attached hydrogens (tertiary/aromatic N) is 2. The van der Waals surface area contributed by atoms with E-state index in [0.29, 0.717) is 16.1 Å². The summed E-state index contributed by atoms with van der Waals surface area (Å²) in [6.07, 6.45) is 1.54. The summed E-state index contributed by atoms with van der Waals surface area (Å²) in [7, 11) is 0. The lowest BCUT2D eigenvalue weighted by Gasteiger charge is -2.03. The van der Waals surface area contributed by atoms with Gasteiger partial charge >= 0.3 is 0 Å².